The van der Waals surface area contributed by atoms with Crippen LogP contribution in [0.1, 0.15) is 52.9 Å². The maximum absolute atomic E-state index is 12.1. The molecule has 0 radical (unpaired) electrons. The first kappa shape index (κ1) is 20.0. The molecule has 0 saturated heterocycles. The van der Waals surface area contributed by atoms with Crippen LogP contribution < -0.4 is 0 Å². The predicted octanol–water partition coefficient (Wildman–Crippen LogP) is 2.30. The highest BCUT2D eigenvalue weighted by molar-refractivity contribution is 5.95. The van der Waals surface area contributed by atoms with E-state index in [0.717, 1.165) is 18.9 Å². The number of unbranched alkanes of at least 4 members (excludes halogenated alkanes) is 1. The molecule has 124 valence electrons. The minimum Gasteiger partial charge on any atom is -0.478 e. The average Bonchev–Trinajstić information content (AvgIpc) is 2.45. The number of esters is 1. The second-order valence-electron chi connectivity index (χ2n) is 5.16. The van der Waals surface area contributed by atoms with Gasteiger partial charge in [-0.05, 0) is 19.8 Å². The minimum atomic E-state index is -1.52. The third-order valence-corrected chi connectivity index (χ3v) is 3.69. The van der Waals surface area contributed by atoms with Crippen LogP contribution in [0.3, 0.4) is 0 Å². The van der Waals surface area contributed by atoms with Gasteiger partial charge in [0.05, 0.1) is 6.42 Å². The predicted molar refractivity (Wildman–Crippen MR) is 80.3 cm³/mol. The molecule has 6 nitrogen and oxygen atoms in total. The van der Waals surface area contributed by atoms with E-state index >= 15 is 0 Å². The van der Waals surface area contributed by atoms with Crippen molar-refractivity contribution < 1.29 is 29.0 Å². The molecular formula is C16H24O6. The van der Waals surface area contributed by atoms with Crippen LogP contribution >= 0.6 is 0 Å². The van der Waals surface area contributed by atoms with E-state index in [2.05, 4.69) is 0 Å². The molecule has 0 fully saturated rings. The number of carboxylic acids is 1. The van der Waals surface area contributed by atoms with Crippen LogP contribution in [-0.2, 0) is 23.9 Å². The quantitative estimate of drug-likeness (QED) is 0.357. The molecule has 0 amide bonds. The molecule has 22 heavy (non-hydrogen) atoms. The molecular weight excluding hydrogens is 288 g/mol. The van der Waals surface area contributed by atoms with Crippen LogP contribution in [0.2, 0.25) is 0 Å². The second-order valence-corrected chi connectivity index (χ2v) is 5.16. The lowest BCUT2D eigenvalue weighted by molar-refractivity contribution is -0.171. The van der Waals surface area contributed by atoms with Gasteiger partial charge >= 0.3 is 11.9 Å². The number of carbonyl (C=O) groups is 4. The molecule has 0 spiro atoms. The average molecular weight is 312 g/mol. The summed E-state index contributed by atoms with van der Waals surface area (Å²) < 4.78 is 5.27. The van der Waals surface area contributed by atoms with Crippen molar-refractivity contribution in [2.24, 2.45) is 5.92 Å². The molecule has 0 bridgehead atoms. The number of carbonyl (C=O) groups excluding carboxylic acids is 3. The number of aliphatic carboxylic acids is 1. The fourth-order valence-corrected chi connectivity index (χ4v) is 2.49. The first-order valence-electron chi connectivity index (χ1n) is 7.42. The Morgan fingerprint density at radius 1 is 1.23 bits per heavy atom. The maximum Gasteiger partial charge on any atom is 0.332 e. The van der Waals surface area contributed by atoms with Gasteiger partial charge in [0.15, 0.2) is 11.4 Å². The summed E-state index contributed by atoms with van der Waals surface area (Å²) in [6, 6.07) is 0. The van der Waals surface area contributed by atoms with E-state index in [-0.39, 0.29) is 12.3 Å². The van der Waals surface area contributed by atoms with Gasteiger partial charge in [0.2, 0.25) is 0 Å². The number of ether oxygens (including phenoxy) is 1. The maximum atomic E-state index is 12.1. The SMILES string of the molecule is CCCCC(CC)C(CC=O)(OC(=O)C=CC(=O)O)C(C)=O. The number of aldehydes is 1. The van der Waals surface area contributed by atoms with Crippen molar-refractivity contribution in [3.05, 3.63) is 12.2 Å². The van der Waals surface area contributed by atoms with Crippen LogP contribution in [0.4, 0.5) is 0 Å². The standard InChI is InChI=1S/C16H24O6/c1-4-6-7-13(5-2)16(10-11-17,12(3)18)22-15(21)9-8-14(19)20/h8-9,11,13H,4-7,10H2,1-3H3,(H,19,20). The van der Waals surface area contributed by atoms with E-state index in [1.165, 1.54) is 6.92 Å². The van der Waals surface area contributed by atoms with Crippen molar-refractivity contribution in [3.63, 3.8) is 0 Å². The zero-order valence-electron chi connectivity index (χ0n) is 13.3. The second kappa shape index (κ2) is 9.87. The van der Waals surface area contributed by atoms with Crippen LogP contribution in [-0.4, -0.2) is 34.7 Å². The number of hydrogen-bond donors (Lipinski definition) is 1. The summed E-state index contributed by atoms with van der Waals surface area (Å²) >= 11 is 0. The van der Waals surface area contributed by atoms with E-state index in [1.54, 1.807) is 0 Å². The fraction of sp³-hybridized carbons (Fsp3) is 0.625. The molecule has 0 saturated carbocycles. The van der Waals surface area contributed by atoms with E-state index in [1.807, 2.05) is 13.8 Å². The van der Waals surface area contributed by atoms with Crippen molar-refractivity contribution in [3.8, 4) is 0 Å². The Morgan fingerprint density at radius 3 is 2.27 bits per heavy atom. The summed E-state index contributed by atoms with van der Waals surface area (Å²) in [5.74, 6) is -2.91. The van der Waals surface area contributed by atoms with Gasteiger partial charge in [-0.25, -0.2) is 9.59 Å². The van der Waals surface area contributed by atoms with Crippen LogP contribution in [0.5, 0.6) is 0 Å². The van der Waals surface area contributed by atoms with Crippen molar-refractivity contribution >= 4 is 24.0 Å². The van der Waals surface area contributed by atoms with Crippen LogP contribution in [0, 0.1) is 5.92 Å². The normalized spacial score (nSPS) is 15.0. The highest BCUT2D eigenvalue weighted by Crippen LogP contribution is 2.33. The Kier molecular flexibility index (Phi) is 8.98. The van der Waals surface area contributed by atoms with Gasteiger partial charge < -0.3 is 14.6 Å². The van der Waals surface area contributed by atoms with E-state index < -0.39 is 23.3 Å². The molecule has 0 aliphatic rings. The summed E-state index contributed by atoms with van der Waals surface area (Å²) in [7, 11) is 0. The van der Waals surface area contributed by atoms with Gasteiger partial charge in [0.1, 0.15) is 6.29 Å². The molecule has 6 heteroatoms. The van der Waals surface area contributed by atoms with Gasteiger partial charge in [-0.15, -0.1) is 0 Å². The van der Waals surface area contributed by atoms with E-state index in [0.29, 0.717) is 25.2 Å². The lowest BCUT2D eigenvalue weighted by Crippen LogP contribution is -2.49. The lowest BCUT2D eigenvalue weighted by atomic mass is 9.77. The van der Waals surface area contributed by atoms with Crippen LogP contribution in [0.15, 0.2) is 12.2 Å². The number of rotatable bonds is 11. The van der Waals surface area contributed by atoms with Crippen molar-refractivity contribution in [1.82, 2.24) is 0 Å². The molecule has 0 aromatic carbocycles. The summed E-state index contributed by atoms with van der Waals surface area (Å²) in [5, 5.41) is 8.53. The molecule has 2 atom stereocenters. The lowest BCUT2D eigenvalue weighted by Gasteiger charge is -2.36. The zero-order chi connectivity index (χ0) is 17.2. The first-order valence-corrected chi connectivity index (χ1v) is 7.42. The number of ketones is 1. The van der Waals surface area contributed by atoms with Gasteiger partial charge in [-0.3, -0.25) is 4.79 Å². The molecule has 0 aliphatic carbocycles. The van der Waals surface area contributed by atoms with Crippen molar-refractivity contribution in [2.45, 2.75) is 58.5 Å². The summed E-state index contributed by atoms with van der Waals surface area (Å²) in [5.41, 5.74) is -1.52. The number of hydrogen-bond acceptors (Lipinski definition) is 5. The summed E-state index contributed by atoms with van der Waals surface area (Å²) in [6.07, 6.45) is 4.70. The molecule has 0 aliphatic heterocycles. The van der Waals surface area contributed by atoms with Gasteiger partial charge in [0, 0.05) is 18.1 Å². The van der Waals surface area contributed by atoms with Crippen molar-refractivity contribution in [2.75, 3.05) is 0 Å². The Balaban J connectivity index is 5.46. The smallest absolute Gasteiger partial charge is 0.332 e. The highest BCUT2D eigenvalue weighted by atomic mass is 16.6. The Bertz CT molecular complexity index is 440. The Hall–Kier alpha value is -1.98. The minimum absolute atomic E-state index is 0.225. The fourth-order valence-electron chi connectivity index (χ4n) is 2.49. The molecule has 0 aromatic heterocycles. The summed E-state index contributed by atoms with van der Waals surface area (Å²) in [6.45, 7) is 5.15. The largest absolute Gasteiger partial charge is 0.478 e. The molecule has 0 aromatic rings. The van der Waals surface area contributed by atoms with Gasteiger partial charge in [-0.1, -0.05) is 26.7 Å². The molecule has 1 N–H and O–H groups in total. The van der Waals surface area contributed by atoms with Gasteiger partial charge in [-0.2, -0.15) is 0 Å². The Morgan fingerprint density at radius 2 is 1.86 bits per heavy atom. The number of Topliss-reactive ketones (excluding diaryl/α,β-unsaturated/α-hetero) is 1. The molecule has 0 heterocycles. The monoisotopic (exact) mass is 312 g/mol. The van der Waals surface area contributed by atoms with Crippen LogP contribution in [0.25, 0.3) is 0 Å². The molecule has 0 rings (SSSR count). The van der Waals surface area contributed by atoms with E-state index in [9.17, 15) is 19.2 Å². The third kappa shape index (κ3) is 5.79. The number of carboxylic acid groups (broad SMARTS) is 1. The van der Waals surface area contributed by atoms with Crippen molar-refractivity contribution in [1.29, 1.82) is 0 Å². The van der Waals surface area contributed by atoms with Gasteiger partial charge in [0.25, 0.3) is 0 Å². The highest BCUT2D eigenvalue weighted by Gasteiger charge is 2.45. The summed E-state index contributed by atoms with van der Waals surface area (Å²) in [4.78, 5) is 45.4. The topological polar surface area (TPSA) is 97.7 Å². The third-order valence-electron chi connectivity index (χ3n) is 3.69. The molecule has 2 unspecified atom stereocenters. The zero-order valence-corrected chi connectivity index (χ0v) is 13.3. The van der Waals surface area contributed by atoms with E-state index in [4.69, 9.17) is 9.84 Å². The first-order chi connectivity index (χ1) is 10.3. The Labute approximate surface area is 130 Å².